The molecule has 2 aromatic rings. The molecule has 0 saturated carbocycles. The highest BCUT2D eigenvalue weighted by Crippen LogP contribution is 2.26. The van der Waals surface area contributed by atoms with Crippen LogP contribution < -0.4 is 81.8 Å². The van der Waals surface area contributed by atoms with E-state index in [-0.39, 0.29) is 146 Å². The molecule has 4 saturated heterocycles. The Bertz CT molecular complexity index is 3500. The number of guanidine groups is 2. The van der Waals surface area contributed by atoms with Crippen molar-refractivity contribution in [3.8, 4) is 0 Å². The summed E-state index contributed by atoms with van der Waals surface area (Å²) >= 11 is 0. The summed E-state index contributed by atoms with van der Waals surface area (Å²) < 4.78 is 0. The van der Waals surface area contributed by atoms with E-state index in [9.17, 15) is 77.3 Å². The second kappa shape index (κ2) is 44.1. The predicted molar refractivity (Wildman–Crippen MR) is 397 cm³/mol. The maximum Gasteiger partial charge on any atom is 0.326 e. The summed E-state index contributed by atoms with van der Waals surface area (Å²) in [7, 11) is 0. The van der Waals surface area contributed by atoms with E-state index in [0.29, 0.717) is 56.2 Å². The number of amides is 13. The molecule has 0 radical (unpaired) electrons. The van der Waals surface area contributed by atoms with Crippen molar-refractivity contribution >= 4 is 94.7 Å². The number of carbonyl (C=O) groups excluding carboxylic acids is 13. The third-order valence-electron chi connectivity index (χ3n) is 19.6. The summed E-state index contributed by atoms with van der Waals surface area (Å²) in [5, 5.41) is 47.4. The molecule has 13 atom stereocenters. The van der Waals surface area contributed by atoms with Gasteiger partial charge >= 0.3 is 5.97 Å². The van der Waals surface area contributed by atoms with Gasteiger partial charge in [0, 0.05) is 63.4 Å². The van der Waals surface area contributed by atoms with E-state index in [0.717, 1.165) is 0 Å². The number of aliphatic carboxylic acids is 1. The highest BCUT2D eigenvalue weighted by atomic mass is 16.4. The van der Waals surface area contributed by atoms with Crippen LogP contribution in [0.4, 0.5) is 0 Å². The number of nitrogens with two attached hydrogens (primary N) is 5. The summed E-state index contributed by atoms with van der Waals surface area (Å²) in [4.78, 5) is 214. The normalized spacial score (nSPS) is 19.2. The number of unbranched alkanes of at least 4 members (excludes halogenated alkanes) is 2. The molecule has 4 fully saturated rings. The number of aliphatic imine (C=N–C) groups is 2. The first-order valence-corrected chi connectivity index (χ1v) is 37.6. The number of H-pyrrole nitrogens is 1. The summed E-state index contributed by atoms with van der Waals surface area (Å²) in [6.07, 6.45) is 6.97. The van der Waals surface area contributed by atoms with Gasteiger partial charge in [-0.25, -0.2) is 9.78 Å². The molecule has 5 heterocycles. The molecule has 13 amide bonds. The van der Waals surface area contributed by atoms with Crippen LogP contribution in [0.3, 0.4) is 0 Å². The number of likely N-dealkylation sites (tertiary alicyclic amines) is 3. The van der Waals surface area contributed by atoms with E-state index < -0.39 is 168 Å². The topological polar surface area (TPSA) is 593 Å². The number of nitrogens with zero attached hydrogens (tertiary/aromatic N) is 6. The third kappa shape index (κ3) is 27.0. The number of hydrogen-bond acceptors (Lipinski definition) is 19. The van der Waals surface area contributed by atoms with Crippen LogP contribution >= 0.6 is 0 Å². The lowest BCUT2D eigenvalue weighted by Crippen LogP contribution is -2.61. The molecule has 602 valence electrons. The maximum atomic E-state index is 14.5. The van der Waals surface area contributed by atoms with E-state index in [1.165, 1.54) is 27.2 Å². The first-order chi connectivity index (χ1) is 52.0. The van der Waals surface area contributed by atoms with Gasteiger partial charge in [0.15, 0.2) is 11.9 Å². The fraction of sp³-hybridized carbons (Fsp3) is 0.648. The summed E-state index contributed by atoms with van der Waals surface area (Å²) in [5.74, 6) is -11.9. The summed E-state index contributed by atoms with van der Waals surface area (Å²) in [6.45, 7) is 6.18. The minimum atomic E-state index is -1.77. The molecule has 1 aromatic heterocycles. The largest absolute Gasteiger partial charge is 0.480 e. The second-order valence-corrected chi connectivity index (χ2v) is 28.4. The molecule has 6 rings (SSSR count). The van der Waals surface area contributed by atoms with Crippen LogP contribution in [-0.2, 0) is 73.5 Å². The Hall–Kier alpha value is -10.5. The number of rotatable bonds is 44. The van der Waals surface area contributed by atoms with Crippen LogP contribution in [0.5, 0.6) is 0 Å². The third-order valence-corrected chi connectivity index (χ3v) is 19.6. The van der Waals surface area contributed by atoms with Gasteiger partial charge in [0.1, 0.15) is 72.5 Å². The van der Waals surface area contributed by atoms with Crippen molar-refractivity contribution < 1.29 is 77.3 Å². The lowest BCUT2D eigenvalue weighted by atomic mass is 9.93. The predicted octanol–water partition coefficient (Wildman–Crippen LogP) is -4.45. The molecule has 109 heavy (non-hydrogen) atoms. The monoisotopic (exact) mass is 1530 g/mol. The SMILES string of the molecule is CCCC[C@H](NC(=O)[C@@H]1CCCN1C(=O)CNC(=O)[C@H](CCCCN)NC(=O)[C@H](Cc1cnc[nH]1)NC(=O)[C@H](CO)NC(=O)[C@H](CC(C)C)NC(=O)[C@H](CCCN=C(N)N)NC(=O)[C@@H]1CCCN1C(=O)[C@H](CCCN=C(N)N)NC(=O)[C@@H]1CCC(=O)N1)C(=O)N1CCC[C@H]1C(=O)N[C@H](C(=O)O)C(C)c1ccccc1. The number of imidazole rings is 1. The Morgan fingerprint density at radius 2 is 1.06 bits per heavy atom. The maximum absolute atomic E-state index is 14.5. The van der Waals surface area contributed by atoms with Gasteiger partial charge in [-0.2, -0.15) is 0 Å². The second-order valence-electron chi connectivity index (χ2n) is 28.4. The molecule has 4 aliphatic rings. The average Bonchev–Trinajstić information content (AvgIpc) is 1.72. The van der Waals surface area contributed by atoms with Crippen molar-refractivity contribution in [1.82, 2.24) is 77.8 Å². The first kappa shape index (κ1) is 87.4. The molecular weight excluding hydrogens is 1420 g/mol. The fourth-order valence-corrected chi connectivity index (χ4v) is 13.7. The Morgan fingerprint density at radius 3 is 1.60 bits per heavy atom. The number of aliphatic hydroxyl groups is 1. The standard InChI is InChI=1S/C71H112N22O16/c1-5-6-19-47(67(106)93-33-16-25-54(93)66(105)90-57(69(108)109)41(4)42-17-8-7-9-18-42)86-64(103)52-23-14-31-91(52)56(96)37-80-58(97)44(20-10-11-28-72)83-62(101)50(35-43-36-77-39-81-43)88-63(102)51(38-94)89-61(100)49(34-40(2)3)87-59(98)45(21-12-29-78-70(73)74)84-65(104)53-24-15-32-92(53)68(107)48(22-13-30-79-71(75)76)85-60(99)46-26-27-55(95)82-46/h7-9,17-18,36,39-41,44-54,57,94H,5-6,10-16,19-35,37-38,72H2,1-4H3,(H,77,81)(H,80,97)(H,82,95)(H,83,101)(H,84,104)(H,85,99)(H,86,103)(H,87,98)(H,88,102)(H,89,100)(H,90,105)(H,108,109)(H4,73,74,78)(H4,75,76,79)/t41?,44-,45-,46-,47-,48-,49-,50-,51-,52-,53-,54-,57-/m0/s1. The Morgan fingerprint density at radius 1 is 0.578 bits per heavy atom. The molecule has 0 spiro atoms. The van der Waals surface area contributed by atoms with Gasteiger partial charge in [-0.3, -0.25) is 72.3 Å². The zero-order valence-corrected chi connectivity index (χ0v) is 62.6. The summed E-state index contributed by atoms with van der Waals surface area (Å²) in [5.41, 5.74) is 29.0. The molecule has 1 unspecified atom stereocenters. The minimum absolute atomic E-state index is 0.00502. The van der Waals surface area contributed by atoms with Gasteiger partial charge < -0.3 is 112 Å². The Labute approximate surface area is 633 Å². The Balaban J connectivity index is 1.11. The highest BCUT2D eigenvalue weighted by molar-refractivity contribution is 6.00. The van der Waals surface area contributed by atoms with Crippen LogP contribution in [0.15, 0.2) is 52.8 Å². The number of carbonyl (C=O) groups is 14. The van der Waals surface area contributed by atoms with Crippen LogP contribution in [0, 0.1) is 5.92 Å². The molecule has 23 N–H and O–H groups in total. The molecule has 38 nitrogen and oxygen atoms in total. The number of aromatic nitrogens is 2. The van der Waals surface area contributed by atoms with Crippen LogP contribution in [0.25, 0.3) is 0 Å². The van der Waals surface area contributed by atoms with Gasteiger partial charge in [-0.1, -0.05) is 70.9 Å². The quantitative estimate of drug-likeness (QED) is 0.0169. The number of carboxylic acids is 1. The zero-order valence-electron chi connectivity index (χ0n) is 62.6. The average molecular weight is 1530 g/mol. The van der Waals surface area contributed by atoms with Crippen molar-refractivity contribution in [3.63, 3.8) is 0 Å². The number of benzene rings is 1. The molecule has 38 heteroatoms. The molecule has 0 aliphatic carbocycles. The van der Waals surface area contributed by atoms with E-state index in [2.05, 4.69) is 73.1 Å². The van der Waals surface area contributed by atoms with Gasteiger partial charge in [0.25, 0.3) is 0 Å². The van der Waals surface area contributed by atoms with Gasteiger partial charge in [0.05, 0.1) is 19.5 Å². The number of hydrogen-bond donors (Lipinski definition) is 18. The zero-order chi connectivity index (χ0) is 79.9. The van der Waals surface area contributed by atoms with Crippen molar-refractivity contribution in [3.05, 3.63) is 54.1 Å². The van der Waals surface area contributed by atoms with E-state index in [4.69, 9.17) is 28.7 Å². The Kier molecular flexibility index (Phi) is 35.3. The number of nitrogens with one attached hydrogen (secondary N) is 11. The lowest BCUT2D eigenvalue weighted by molar-refractivity contribution is -0.145. The smallest absolute Gasteiger partial charge is 0.326 e. The van der Waals surface area contributed by atoms with Crippen LogP contribution in [0.2, 0.25) is 0 Å². The van der Waals surface area contributed by atoms with E-state index in [1.807, 2.05) is 6.92 Å². The van der Waals surface area contributed by atoms with Crippen molar-refractivity contribution in [2.24, 2.45) is 44.6 Å². The highest BCUT2D eigenvalue weighted by Gasteiger charge is 2.44. The van der Waals surface area contributed by atoms with Crippen LogP contribution in [0.1, 0.15) is 167 Å². The number of aromatic amines is 1. The van der Waals surface area contributed by atoms with Crippen molar-refractivity contribution in [2.45, 2.75) is 235 Å². The van der Waals surface area contributed by atoms with Crippen molar-refractivity contribution in [2.75, 3.05) is 52.4 Å². The lowest BCUT2D eigenvalue weighted by Gasteiger charge is -2.31. The van der Waals surface area contributed by atoms with E-state index >= 15 is 0 Å². The van der Waals surface area contributed by atoms with Gasteiger partial charge in [-0.15, -0.1) is 0 Å². The van der Waals surface area contributed by atoms with Crippen LogP contribution in [-0.4, -0.2) is 254 Å². The number of carboxylic acid groups (broad SMARTS) is 1. The first-order valence-electron chi connectivity index (χ1n) is 37.6. The molecule has 4 aliphatic heterocycles. The van der Waals surface area contributed by atoms with Gasteiger partial charge in [0.2, 0.25) is 76.8 Å². The fourth-order valence-electron chi connectivity index (χ4n) is 13.7. The molecule has 1 aromatic carbocycles. The summed E-state index contributed by atoms with van der Waals surface area (Å²) in [6, 6.07) is -6.26. The van der Waals surface area contributed by atoms with Gasteiger partial charge in [-0.05, 0) is 121 Å². The molecular formula is C71H112N22O16. The number of aliphatic hydroxyl groups excluding tert-OH is 1. The minimum Gasteiger partial charge on any atom is -0.480 e. The van der Waals surface area contributed by atoms with E-state index in [1.54, 1.807) is 51.1 Å². The molecule has 0 bridgehead atoms. The van der Waals surface area contributed by atoms with Crippen molar-refractivity contribution in [1.29, 1.82) is 0 Å².